The second-order valence-corrected chi connectivity index (χ2v) is 5.51. The van der Waals surface area contributed by atoms with Gasteiger partial charge in [0.05, 0.1) is 19.8 Å². The van der Waals surface area contributed by atoms with E-state index in [1.54, 1.807) is 12.1 Å². The number of hydrogen-bond acceptors (Lipinski definition) is 5. The molecular formula is C19H16F2N2O3. The van der Waals surface area contributed by atoms with Gasteiger partial charge in [-0.05, 0) is 35.2 Å². The van der Waals surface area contributed by atoms with Gasteiger partial charge in [-0.2, -0.15) is 0 Å². The van der Waals surface area contributed by atoms with Gasteiger partial charge in [-0.15, -0.1) is 0 Å². The Morgan fingerprint density at radius 2 is 1.65 bits per heavy atom. The van der Waals surface area contributed by atoms with E-state index in [4.69, 9.17) is 15.2 Å². The average molecular weight is 358 g/mol. The molecule has 0 unspecified atom stereocenters. The summed E-state index contributed by atoms with van der Waals surface area (Å²) in [6.07, 6.45) is 1.42. The number of benzene rings is 2. The van der Waals surface area contributed by atoms with Crippen LogP contribution >= 0.6 is 0 Å². The predicted octanol–water partition coefficient (Wildman–Crippen LogP) is 3.22. The summed E-state index contributed by atoms with van der Waals surface area (Å²) in [6.45, 7) is 0.168. The summed E-state index contributed by atoms with van der Waals surface area (Å²) in [5, 5.41) is 0.971. The molecule has 0 aliphatic rings. The minimum absolute atomic E-state index is 0.0952. The number of nitrogens with zero attached hydrogens (tertiary/aromatic N) is 1. The number of rotatable bonds is 5. The van der Waals surface area contributed by atoms with Gasteiger partial charge >= 0.3 is 0 Å². The molecule has 134 valence electrons. The van der Waals surface area contributed by atoms with Crippen LogP contribution in [0, 0.1) is 11.6 Å². The van der Waals surface area contributed by atoms with E-state index in [0.717, 1.165) is 12.1 Å². The molecule has 0 atom stereocenters. The predicted molar refractivity (Wildman–Crippen MR) is 92.5 cm³/mol. The van der Waals surface area contributed by atoms with Crippen molar-refractivity contribution in [2.75, 3.05) is 14.2 Å². The average Bonchev–Trinajstić information content (AvgIpc) is 2.65. The molecule has 3 aromatic rings. The van der Waals surface area contributed by atoms with Crippen molar-refractivity contribution in [2.24, 2.45) is 5.73 Å². The summed E-state index contributed by atoms with van der Waals surface area (Å²) < 4.78 is 38.6. The number of aromatic nitrogens is 1. The summed E-state index contributed by atoms with van der Waals surface area (Å²) in [5.41, 5.74) is 5.65. The minimum atomic E-state index is -0.951. The highest BCUT2D eigenvalue weighted by molar-refractivity contribution is 6.16. The van der Waals surface area contributed by atoms with E-state index in [9.17, 15) is 13.6 Å². The molecule has 0 saturated heterocycles. The van der Waals surface area contributed by atoms with E-state index < -0.39 is 23.0 Å². The standard InChI is InChI=1S/C19H16F2N2O3/c1-25-15-6-11-10(8-22)9-23-18(12(11)7-16(15)26-2)19(24)17-13(20)4-3-5-14(17)21/h3-7,9H,8,22H2,1-2H3. The molecule has 0 aliphatic heterocycles. The highest BCUT2D eigenvalue weighted by Gasteiger charge is 2.23. The SMILES string of the molecule is COc1cc2c(CN)cnc(C(=O)c3c(F)cccc3F)c2cc1OC. The second kappa shape index (κ2) is 7.05. The number of ether oxygens (including phenoxy) is 2. The third-order valence-electron chi connectivity index (χ3n) is 4.10. The van der Waals surface area contributed by atoms with Crippen molar-refractivity contribution in [3.8, 4) is 11.5 Å². The van der Waals surface area contributed by atoms with Crippen LogP contribution in [-0.4, -0.2) is 25.0 Å². The molecule has 7 heteroatoms. The van der Waals surface area contributed by atoms with Crippen LogP contribution in [0.4, 0.5) is 8.78 Å². The summed E-state index contributed by atoms with van der Waals surface area (Å²) in [5.74, 6) is -1.96. The fourth-order valence-corrected chi connectivity index (χ4v) is 2.80. The van der Waals surface area contributed by atoms with Crippen LogP contribution < -0.4 is 15.2 Å². The van der Waals surface area contributed by atoms with Crippen molar-refractivity contribution in [3.05, 3.63) is 65.0 Å². The first-order valence-corrected chi connectivity index (χ1v) is 7.74. The third-order valence-corrected chi connectivity index (χ3v) is 4.10. The molecule has 3 rings (SSSR count). The number of carbonyl (C=O) groups excluding carboxylic acids is 1. The van der Waals surface area contributed by atoms with Crippen molar-refractivity contribution >= 4 is 16.6 Å². The van der Waals surface area contributed by atoms with Gasteiger partial charge in [-0.25, -0.2) is 8.78 Å². The van der Waals surface area contributed by atoms with Crippen LogP contribution in [0.5, 0.6) is 11.5 Å². The Kier molecular flexibility index (Phi) is 4.81. The van der Waals surface area contributed by atoms with Crippen molar-refractivity contribution in [1.29, 1.82) is 0 Å². The maximum atomic E-state index is 14.0. The highest BCUT2D eigenvalue weighted by Crippen LogP contribution is 2.35. The lowest BCUT2D eigenvalue weighted by molar-refractivity contribution is 0.102. The maximum Gasteiger partial charge on any atom is 0.217 e. The smallest absolute Gasteiger partial charge is 0.217 e. The van der Waals surface area contributed by atoms with E-state index in [2.05, 4.69) is 4.98 Å². The molecule has 0 radical (unpaired) electrons. The second-order valence-electron chi connectivity index (χ2n) is 5.51. The zero-order valence-electron chi connectivity index (χ0n) is 14.2. The summed E-state index contributed by atoms with van der Waals surface area (Å²) in [7, 11) is 2.93. The summed E-state index contributed by atoms with van der Waals surface area (Å²) in [4.78, 5) is 16.9. The number of hydrogen-bond donors (Lipinski definition) is 1. The third kappa shape index (κ3) is 2.86. The monoisotopic (exact) mass is 358 g/mol. The van der Waals surface area contributed by atoms with Gasteiger partial charge in [0, 0.05) is 18.1 Å². The number of nitrogens with two attached hydrogens (primary N) is 1. The first-order valence-electron chi connectivity index (χ1n) is 7.74. The quantitative estimate of drug-likeness (QED) is 0.709. The molecule has 0 fully saturated rings. The summed E-state index contributed by atoms with van der Waals surface area (Å²) >= 11 is 0. The Labute approximate surface area is 148 Å². The van der Waals surface area contributed by atoms with Gasteiger partial charge in [-0.1, -0.05) is 6.07 Å². The Hall–Kier alpha value is -3.06. The van der Waals surface area contributed by atoms with Crippen LogP contribution in [-0.2, 0) is 6.54 Å². The lowest BCUT2D eigenvalue weighted by Gasteiger charge is -2.14. The Morgan fingerprint density at radius 1 is 1.08 bits per heavy atom. The first-order chi connectivity index (χ1) is 12.5. The van der Waals surface area contributed by atoms with E-state index in [-0.39, 0.29) is 12.2 Å². The number of carbonyl (C=O) groups is 1. The molecule has 0 saturated carbocycles. The molecule has 1 aromatic heterocycles. The van der Waals surface area contributed by atoms with Gasteiger partial charge < -0.3 is 15.2 Å². The Morgan fingerprint density at radius 3 is 2.19 bits per heavy atom. The van der Waals surface area contributed by atoms with Gasteiger partial charge in [0.1, 0.15) is 17.3 Å². The minimum Gasteiger partial charge on any atom is -0.493 e. The first kappa shape index (κ1) is 17.8. The van der Waals surface area contributed by atoms with Crippen LogP contribution in [0.25, 0.3) is 10.8 Å². The topological polar surface area (TPSA) is 74.4 Å². The lowest BCUT2D eigenvalue weighted by atomic mass is 9.98. The van der Waals surface area contributed by atoms with Gasteiger partial charge in [0.15, 0.2) is 11.5 Å². The normalized spacial score (nSPS) is 10.8. The van der Waals surface area contributed by atoms with Crippen LogP contribution in [0.15, 0.2) is 36.5 Å². The molecular weight excluding hydrogens is 342 g/mol. The molecule has 1 heterocycles. The zero-order valence-corrected chi connectivity index (χ0v) is 14.2. The van der Waals surface area contributed by atoms with Crippen LogP contribution in [0.3, 0.4) is 0 Å². The molecule has 0 spiro atoms. The fourth-order valence-electron chi connectivity index (χ4n) is 2.80. The number of ketones is 1. The maximum absolute atomic E-state index is 14.0. The van der Waals surface area contributed by atoms with Crippen molar-refractivity contribution < 1.29 is 23.0 Å². The largest absolute Gasteiger partial charge is 0.493 e. The molecule has 2 aromatic carbocycles. The van der Waals surface area contributed by atoms with Crippen molar-refractivity contribution in [3.63, 3.8) is 0 Å². The van der Waals surface area contributed by atoms with Crippen LogP contribution in [0.2, 0.25) is 0 Å². The Balaban J connectivity index is 2.31. The molecule has 2 N–H and O–H groups in total. The van der Waals surface area contributed by atoms with Gasteiger partial charge in [0.25, 0.3) is 0 Å². The highest BCUT2D eigenvalue weighted by atomic mass is 19.1. The zero-order chi connectivity index (χ0) is 18.8. The van der Waals surface area contributed by atoms with E-state index in [0.29, 0.717) is 27.8 Å². The van der Waals surface area contributed by atoms with Crippen LogP contribution in [0.1, 0.15) is 21.6 Å². The molecule has 0 aliphatic carbocycles. The molecule has 5 nitrogen and oxygen atoms in total. The van der Waals surface area contributed by atoms with E-state index >= 15 is 0 Å². The Bertz CT molecular complexity index is 985. The lowest BCUT2D eigenvalue weighted by Crippen LogP contribution is -2.11. The van der Waals surface area contributed by atoms with Crippen molar-refractivity contribution in [1.82, 2.24) is 4.98 Å². The fraction of sp³-hybridized carbons (Fsp3) is 0.158. The number of fused-ring (bicyclic) bond motifs is 1. The van der Waals surface area contributed by atoms with Gasteiger partial charge in [-0.3, -0.25) is 9.78 Å². The van der Waals surface area contributed by atoms with E-state index in [1.165, 1.54) is 26.5 Å². The molecule has 26 heavy (non-hydrogen) atoms. The number of methoxy groups -OCH3 is 2. The van der Waals surface area contributed by atoms with Crippen molar-refractivity contribution in [2.45, 2.75) is 6.54 Å². The van der Waals surface area contributed by atoms with E-state index in [1.807, 2.05) is 0 Å². The number of halogens is 2. The summed E-state index contributed by atoms with van der Waals surface area (Å²) in [6, 6.07) is 6.45. The molecule has 0 bridgehead atoms. The molecule has 0 amide bonds. The van der Waals surface area contributed by atoms with Gasteiger partial charge in [0.2, 0.25) is 5.78 Å². The number of pyridine rings is 1.